The second-order valence-electron chi connectivity index (χ2n) is 4.42. The van der Waals surface area contributed by atoms with Gasteiger partial charge in [-0.3, -0.25) is 9.20 Å². The van der Waals surface area contributed by atoms with E-state index >= 15 is 0 Å². The summed E-state index contributed by atoms with van der Waals surface area (Å²) >= 11 is 1.03. The van der Waals surface area contributed by atoms with Gasteiger partial charge in [-0.05, 0) is 19.1 Å². The van der Waals surface area contributed by atoms with E-state index in [0.717, 1.165) is 24.0 Å². The van der Waals surface area contributed by atoms with E-state index in [1.807, 2.05) is 0 Å². The predicted molar refractivity (Wildman–Crippen MR) is 76.5 cm³/mol. The molecule has 22 heavy (non-hydrogen) atoms. The largest absolute Gasteiger partial charge is 0.417 e. The molecule has 1 N–H and O–H groups in total. The Balaban J connectivity index is 2.24. The van der Waals surface area contributed by atoms with E-state index in [2.05, 4.69) is 22.1 Å². The number of hydrogen-bond donors (Lipinski definition) is 1. The summed E-state index contributed by atoms with van der Waals surface area (Å²) in [4.78, 5) is 11.8. The summed E-state index contributed by atoms with van der Waals surface area (Å²) < 4.78 is 39.5. The Morgan fingerprint density at radius 3 is 2.86 bits per heavy atom. The van der Waals surface area contributed by atoms with Gasteiger partial charge in [0.25, 0.3) is 0 Å². The molecular formula is C13H13F3N4OS. The second-order valence-corrected chi connectivity index (χ2v) is 5.73. The van der Waals surface area contributed by atoms with Crippen LogP contribution in [0.4, 0.5) is 13.2 Å². The van der Waals surface area contributed by atoms with Gasteiger partial charge >= 0.3 is 6.18 Å². The lowest BCUT2D eigenvalue weighted by molar-refractivity contribution is -0.137. The van der Waals surface area contributed by atoms with Crippen molar-refractivity contribution in [2.24, 2.45) is 0 Å². The number of pyridine rings is 1. The van der Waals surface area contributed by atoms with Crippen LogP contribution in [0.15, 0.2) is 36.1 Å². The van der Waals surface area contributed by atoms with Crippen LogP contribution in [0.25, 0.3) is 5.65 Å². The Morgan fingerprint density at radius 1 is 1.50 bits per heavy atom. The zero-order valence-corrected chi connectivity index (χ0v) is 12.4. The maximum absolute atomic E-state index is 12.7. The zero-order valence-electron chi connectivity index (χ0n) is 11.6. The number of carbonyl (C=O) groups excluding carboxylic acids is 1. The highest BCUT2D eigenvalue weighted by Crippen LogP contribution is 2.30. The molecule has 0 unspecified atom stereocenters. The molecule has 0 bridgehead atoms. The first kappa shape index (κ1) is 16.3. The molecule has 0 aliphatic rings. The third-order valence-corrected chi connectivity index (χ3v) is 3.83. The number of carbonyl (C=O) groups is 1. The van der Waals surface area contributed by atoms with Gasteiger partial charge in [0.15, 0.2) is 10.8 Å². The maximum atomic E-state index is 12.7. The highest BCUT2D eigenvalue weighted by molar-refractivity contribution is 8.00. The van der Waals surface area contributed by atoms with E-state index in [-0.39, 0.29) is 16.7 Å². The maximum Gasteiger partial charge on any atom is 0.417 e. The predicted octanol–water partition coefficient (Wildman–Crippen LogP) is 2.53. The molecule has 1 atom stereocenters. The Hall–Kier alpha value is -2.03. The van der Waals surface area contributed by atoms with Crippen LogP contribution in [0.3, 0.4) is 0 Å². The topological polar surface area (TPSA) is 59.3 Å². The fourth-order valence-electron chi connectivity index (χ4n) is 1.65. The van der Waals surface area contributed by atoms with Crippen molar-refractivity contribution in [2.45, 2.75) is 23.5 Å². The quantitative estimate of drug-likeness (QED) is 0.676. The molecule has 1 amide bonds. The molecule has 0 fully saturated rings. The van der Waals surface area contributed by atoms with Gasteiger partial charge in [-0.2, -0.15) is 13.2 Å². The minimum Gasteiger partial charge on any atom is -0.352 e. The standard InChI is InChI=1S/C13H13F3N4OS/c1-3-6-17-11(21)8(2)22-12-19-18-10-5-4-9(7-20(10)12)13(14,15)16/h3-5,7-8H,1,6H2,2H3,(H,17,21)/t8-/m1/s1. The average Bonchev–Trinajstić information content (AvgIpc) is 2.86. The Morgan fingerprint density at radius 2 is 2.23 bits per heavy atom. The monoisotopic (exact) mass is 330 g/mol. The van der Waals surface area contributed by atoms with E-state index < -0.39 is 17.0 Å². The first-order valence-corrected chi connectivity index (χ1v) is 7.18. The second kappa shape index (κ2) is 6.39. The third-order valence-electron chi connectivity index (χ3n) is 2.77. The van der Waals surface area contributed by atoms with Crippen LogP contribution < -0.4 is 5.32 Å². The van der Waals surface area contributed by atoms with Gasteiger partial charge < -0.3 is 5.32 Å². The molecule has 0 aromatic carbocycles. The lowest BCUT2D eigenvalue weighted by atomic mass is 10.3. The van der Waals surface area contributed by atoms with Crippen molar-refractivity contribution in [3.63, 3.8) is 0 Å². The molecule has 2 aromatic heterocycles. The van der Waals surface area contributed by atoms with Crippen molar-refractivity contribution < 1.29 is 18.0 Å². The molecule has 5 nitrogen and oxygen atoms in total. The summed E-state index contributed by atoms with van der Waals surface area (Å²) in [5.74, 6) is -0.256. The summed E-state index contributed by atoms with van der Waals surface area (Å²) in [6.45, 7) is 5.45. The number of aromatic nitrogens is 3. The number of rotatable bonds is 5. The smallest absolute Gasteiger partial charge is 0.352 e. The first-order valence-electron chi connectivity index (χ1n) is 6.30. The summed E-state index contributed by atoms with van der Waals surface area (Å²) in [6.07, 6.45) is -1.99. The SMILES string of the molecule is C=CCNC(=O)[C@@H](C)Sc1nnc2ccc(C(F)(F)F)cn12. The molecule has 0 saturated carbocycles. The van der Waals surface area contributed by atoms with E-state index in [0.29, 0.717) is 6.54 Å². The van der Waals surface area contributed by atoms with Crippen molar-refractivity contribution in [3.8, 4) is 0 Å². The van der Waals surface area contributed by atoms with Crippen LogP contribution in [0, 0.1) is 0 Å². The number of thioether (sulfide) groups is 1. The lowest BCUT2D eigenvalue weighted by Crippen LogP contribution is -2.31. The van der Waals surface area contributed by atoms with Crippen LogP contribution in [0.1, 0.15) is 12.5 Å². The molecule has 0 saturated heterocycles. The Kier molecular flexibility index (Phi) is 4.74. The van der Waals surface area contributed by atoms with E-state index in [9.17, 15) is 18.0 Å². The van der Waals surface area contributed by atoms with Gasteiger partial charge in [-0.1, -0.05) is 17.8 Å². The third kappa shape index (κ3) is 3.59. The van der Waals surface area contributed by atoms with Gasteiger partial charge in [-0.25, -0.2) is 0 Å². The minimum atomic E-state index is -4.45. The number of amides is 1. The van der Waals surface area contributed by atoms with Crippen molar-refractivity contribution in [1.82, 2.24) is 19.9 Å². The van der Waals surface area contributed by atoms with E-state index in [4.69, 9.17) is 0 Å². The van der Waals surface area contributed by atoms with Gasteiger partial charge in [0.1, 0.15) is 0 Å². The van der Waals surface area contributed by atoms with Crippen molar-refractivity contribution in [3.05, 3.63) is 36.5 Å². The highest BCUT2D eigenvalue weighted by Gasteiger charge is 2.31. The number of halogens is 3. The van der Waals surface area contributed by atoms with E-state index in [1.54, 1.807) is 6.92 Å². The summed E-state index contributed by atoms with van der Waals surface area (Å²) in [5, 5.41) is 9.93. The van der Waals surface area contributed by atoms with Crippen LogP contribution in [0.5, 0.6) is 0 Å². The highest BCUT2D eigenvalue weighted by atomic mass is 32.2. The molecule has 9 heteroatoms. The summed E-state index contributed by atoms with van der Waals surface area (Å²) in [6, 6.07) is 2.18. The molecule has 2 aromatic rings. The molecule has 0 spiro atoms. The van der Waals surface area contributed by atoms with Crippen molar-refractivity contribution in [2.75, 3.05) is 6.54 Å². The van der Waals surface area contributed by atoms with Crippen LogP contribution in [-0.2, 0) is 11.0 Å². The Labute approximate surface area is 128 Å². The van der Waals surface area contributed by atoms with Gasteiger partial charge in [0.05, 0.1) is 10.8 Å². The number of nitrogens with zero attached hydrogens (tertiary/aromatic N) is 3. The molecule has 0 aliphatic heterocycles. The summed E-state index contributed by atoms with van der Waals surface area (Å²) in [5.41, 5.74) is -0.514. The average molecular weight is 330 g/mol. The van der Waals surface area contributed by atoms with Gasteiger partial charge in [0, 0.05) is 12.7 Å². The molecule has 118 valence electrons. The van der Waals surface area contributed by atoms with E-state index in [1.165, 1.54) is 16.5 Å². The molecule has 2 rings (SSSR count). The molecule has 0 radical (unpaired) electrons. The number of nitrogens with one attached hydrogen (secondary N) is 1. The number of alkyl halides is 3. The van der Waals surface area contributed by atoms with Crippen LogP contribution >= 0.6 is 11.8 Å². The zero-order chi connectivity index (χ0) is 16.3. The molecule has 0 aliphatic carbocycles. The van der Waals surface area contributed by atoms with Crippen LogP contribution in [-0.4, -0.2) is 32.3 Å². The van der Waals surface area contributed by atoms with Crippen LogP contribution in [0.2, 0.25) is 0 Å². The first-order chi connectivity index (χ1) is 10.3. The normalized spacial score (nSPS) is 13.1. The summed E-state index contributed by atoms with van der Waals surface area (Å²) in [7, 11) is 0. The lowest BCUT2D eigenvalue weighted by Gasteiger charge is -2.10. The Bertz CT molecular complexity index is 698. The molecule has 2 heterocycles. The van der Waals surface area contributed by atoms with Gasteiger partial charge in [-0.15, -0.1) is 16.8 Å². The van der Waals surface area contributed by atoms with Gasteiger partial charge in [0.2, 0.25) is 5.91 Å². The fourth-order valence-corrected chi connectivity index (χ4v) is 2.50. The number of fused-ring (bicyclic) bond motifs is 1. The van der Waals surface area contributed by atoms with Crippen molar-refractivity contribution >= 4 is 23.3 Å². The minimum absolute atomic E-state index is 0.224. The van der Waals surface area contributed by atoms with Crippen molar-refractivity contribution in [1.29, 1.82) is 0 Å². The number of hydrogen-bond acceptors (Lipinski definition) is 4. The fraction of sp³-hybridized carbons (Fsp3) is 0.308. The molecular weight excluding hydrogens is 317 g/mol.